The summed E-state index contributed by atoms with van der Waals surface area (Å²) in [6.45, 7) is 6.29. The molecule has 0 spiro atoms. The fraction of sp³-hybridized carbons (Fsp3) is 0.436. The number of imidazole rings is 1. The molecule has 3 saturated heterocycles. The second-order valence-electron chi connectivity index (χ2n) is 14.3. The number of carbonyl (C=O) groups is 3. The molecule has 2 aromatic carbocycles. The Morgan fingerprint density at radius 1 is 1.00 bits per heavy atom. The number of nitrogens with zero attached hydrogens (tertiary/aromatic N) is 7. The van der Waals surface area contributed by atoms with Crippen molar-refractivity contribution in [2.75, 3.05) is 31.1 Å². The lowest BCUT2D eigenvalue weighted by molar-refractivity contribution is -0.141. The normalized spacial score (nSPS) is 19.7. The Bertz CT molecular complexity index is 1880. The largest absolute Gasteiger partial charge is 0.460 e. The van der Waals surface area contributed by atoms with Gasteiger partial charge in [0.05, 0.1) is 11.2 Å². The summed E-state index contributed by atoms with van der Waals surface area (Å²) in [5.41, 5.74) is 4.99. The zero-order valence-corrected chi connectivity index (χ0v) is 29.8. The molecule has 272 valence electrons. The minimum atomic E-state index is -0.978. The van der Waals surface area contributed by atoms with E-state index < -0.39 is 17.6 Å². The molecule has 3 fully saturated rings. The van der Waals surface area contributed by atoms with Gasteiger partial charge in [0.25, 0.3) is 0 Å². The minimum absolute atomic E-state index is 0.0719. The van der Waals surface area contributed by atoms with Crippen LogP contribution in [0.4, 0.5) is 5.69 Å². The van der Waals surface area contributed by atoms with Crippen molar-refractivity contribution in [3.63, 3.8) is 0 Å². The molecule has 3 aliphatic heterocycles. The molecule has 3 aliphatic rings. The second kappa shape index (κ2) is 15.2. The number of carbonyl (C=O) groups excluding carboxylic acids is 3. The fourth-order valence-corrected chi connectivity index (χ4v) is 7.50. The number of nitrogens with one attached hydrogen (secondary N) is 1. The molecule has 13 nitrogen and oxygen atoms in total. The van der Waals surface area contributed by atoms with E-state index in [9.17, 15) is 19.5 Å². The van der Waals surface area contributed by atoms with Gasteiger partial charge >= 0.3 is 6.01 Å². The molecule has 3 amide bonds. The maximum atomic E-state index is 12.4. The van der Waals surface area contributed by atoms with Crippen molar-refractivity contribution >= 4 is 23.9 Å². The van der Waals surface area contributed by atoms with E-state index in [1.807, 2.05) is 42.9 Å². The van der Waals surface area contributed by atoms with Gasteiger partial charge in [0.2, 0.25) is 18.2 Å². The molecule has 13 heteroatoms. The quantitative estimate of drug-likeness (QED) is 0.176. The van der Waals surface area contributed by atoms with E-state index in [1.165, 1.54) is 16.2 Å². The first-order valence-corrected chi connectivity index (χ1v) is 18.1. The van der Waals surface area contributed by atoms with Crippen LogP contribution in [0, 0.1) is 6.92 Å². The summed E-state index contributed by atoms with van der Waals surface area (Å²) in [4.78, 5) is 55.4. The van der Waals surface area contributed by atoms with Gasteiger partial charge in [-0.15, -0.1) is 0 Å². The molecular weight excluding hydrogens is 660 g/mol. The van der Waals surface area contributed by atoms with Crippen molar-refractivity contribution in [2.24, 2.45) is 7.05 Å². The van der Waals surface area contributed by atoms with Crippen molar-refractivity contribution in [2.45, 2.75) is 76.3 Å². The van der Waals surface area contributed by atoms with E-state index in [0.29, 0.717) is 31.7 Å². The zero-order valence-electron chi connectivity index (χ0n) is 29.8. The smallest absolute Gasteiger partial charge is 0.316 e. The maximum absolute atomic E-state index is 12.4. The Labute approximate surface area is 303 Å². The summed E-state index contributed by atoms with van der Waals surface area (Å²) >= 11 is 0. The number of hydrogen-bond donors (Lipinski definition) is 2. The van der Waals surface area contributed by atoms with E-state index in [-0.39, 0.29) is 25.0 Å². The lowest BCUT2D eigenvalue weighted by Crippen LogP contribution is -2.51. The predicted molar refractivity (Wildman–Crippen MR) is 194 cm³/mol. The highest BCUT2D eigenvalue weighted by Crippen LogP contribution is 2.35. The first kappa shape index (κ1) is 35.3. The van der Waals surface area contributed by atoms with Gasteiger partial charge in [0, 0.05) is 96.1 Å². The van der Waals surface area contributed by atoms with Crippen LogP contribution in [0.15, 0.2) is 67.3 Å². The van der Waals surface area contributed by atoms with Crippen molar-refractivity contribution < 1.29 is 24.2 Å². The van der Waals surface area contributed by atoms with Gasteiger partial charge in [-0.25, -0.2) is 15.0 Å². The number of rotatable bonds is 11. The van der Waals surface area contributed by atoms with Crippen molar-refractivity contribution in [1.82, 2.24) is 34.6 Å². The van der Waals surface area contributed by atoms with Crippen LogP contribution in [-0.2, 0) is 40.1 Å². The third-order valence-corrected chi connectivity index (χ3v) is 10.8. The van der Waals surface area contributed by atoms with Gasteiger partial charge in [-0.1, -0.05) is 30.3 Å². The summed E-state index contributed by atoms with van der Waals surface area (Å²) in [6, 6.07) is 14.4. The number of ether oxygens (including phenoxy) is 1. The molecular formula is C39H46N8O5. The van der Waals surface area contributed by atoms with Crippen molar-refractivity contribution in [3.8, 4) is 17.4 Å². The second-order valence-corrected chi connectivity index (χ2v) is 14.3. The predicted octanol–water partition coefficient (Wildman–Crippen LogP) is 3.48. The van der Waals surface area contributed by atoms with Crippen LogP contribution in [0.1, 0.15) is 60.8 Å². The Morgan fingerprint density at radius 3 is 2.38 bits per heavy atom. The number of aliphatic hydroxyl groups is 1. The monoisotopic (exact) mass is 706 g/mol. The number of imide groups is 1. The molecule has 0 bridgehead atoms. The topological polar surface area (TPSA) is 146 Å². The molecule has 0 saturated carbocycles. The summed E-state index contributed by atoms with van der Waals surface area (Å²) in [5.74, 6) is 0.0595. The highest BCUT2D eigenvalue weighted by atomic mass is 16.5. The van der Waals surface area contributed by atoms with Crippen LogP contribution in [-0.4, -0.2) is 91.0 Å². The number of anilines is 1. The average Bonchev–Trinajstić information content (AvgIpc) is 3.59. The van der Waals surface area contributed by atoms with E-state index in [1.54, 1.807) is 18.6 Å². The van der Waals surface area contributed by atoms with Gasteiger partial charge in [0.15, 0.2) is 0 Å². The van der Waals surface area contributed by atoms with E-state index >= 15 is 0 Å². The third-order valence-electron chi connectivity index (χ3n) is 10.8. The summed E-state index contributed by atoms with van der Waals surface area (Å²) < 4.78 is 8.04. The number of hydrogen-bond acceptors (Lipinski definition) is 10. The number of aryl methyl sites for hydroxylation is 2. The standard InChI is InChI=1S/C39H46N8O5/c1-27-3-6-31(21-29(27)25-47(26-48)34-9-10-35(49)43-37(34)50)39(51)13-18-45(19-14-39)24-28-4-7-32(8-5-28)46-16-11-33(12-17-46)52-38-41-22-30(23-42-38)36-40-15-20-44(36)2/h3-8,15,20-23,26,33-34,51H,9-14,16-19,24-25H2,1-2H3,(H,43,49,50). The summed E-state index contributed by atoms with van der Waals surface area (Å²) in [6.07, 6.45) is 11.4. The van der Waals surface area contributed by atoms with Gasteiger partial charge in [0.1, 0.15) is 18.0 Å². The zero-order chi connectivity index (χ0) is 36.2. The van der Waals surface area contributed by atoms with Crippen LogP contribution >= 0.6 is 0 Å². The van der Waals surface area contributed by atoms with Crippen LogP contribution in [0.5, 0.6) is 6.01 Å². The lowest BCUT2D eigenvalue weighted by Gasteiger charge is -2.39. The highest BCUT2D eigenvalue weighted by Gasteiger charge is 2.35. The van der Waals surface area contributed by atoms with Gasteiger partial charge < -0.3 is 24.2 Å². The molecule has 5 heterocycles. The highest BCUT2D eigenvalue weighted by molar-refractivity contribution is 6.00. The molecule has 1 unspecified atom stereocenters. The van der Waals surface area contributed by atoms with Crippen LogP contribution in [0.2, 0.25) is 0 Å². The number of amides is 3. The molecule has 7 rings (SSSR count). The van der Waals surface area contributed by atoms with Gasteiger partial charge in [-0.2, -0.15) is 0 Å². The Balaban J connectivity index is 0.882. The van der Waals surface area contributed by atoms with Crippen molar-refractivity contribution in [3.05, 3.63) is 89.5 Å². The van der Waals surface area contributed by atoms with E-state index in [2.05, 4.69) is 54.3 Å². The average molecular weight is 707 g/mol. The summed E-state index contributed by atoms with van der Waals surface area (Å²) in [7, 11) is 1.94. The van der Waals surface area contributed by atoms with Gasteiger partial charge in [-0.05, 0) is 60.6 Å². The Hall–Kier alpha value is -5.14. The van der Waals surface area contributed by atoms with E-state index in [4.69, 9.17) is 4.74 Å². The number of aromatic nitrogens is 4. The molecule has 0 aliphatic carbocycles. The maximum Gasteiger partial charge on any atom is 0.316 e. The van der Waals surface area contributed by atoms with Crippen molar-refractivity contribution in [1.29, 1.82) is 0 Å². The Morgan fingerprint density at radius 2 is 1.73 bits per heavy atom. The van der Waals surface area contributed by atoms with E-state index in [0.717, 1.165) is 73.6 Å². The first-order chi connectivity index (χ1) is 25.2. The molecule has 2 aromatic heterocycles. The SMILES string of the molecule is Cc1ccc(C2(O)CCN(Cc3ccc(N4CCC(Oc5ncc(-c6nccn6C)cn5)CC4)cc3)CC2)cc1CN(C=O)C1CCC(=O)NC1=O. The summed E-state index contributed by atoms with van der Waals surface area (Å²) in [5, 5.41) is 14.1. The lowest BCUT2D eigenvalue weighted by atomic mass is 9.83. The first-order valence-electron chi connectivity index (χ1n) is 18.1. The number of likely N-dealkylation sites (tertiary alicyclic amines) is 1. The van der Waals surface area contributed by atoms with Crippen LogP contribution in [0.3, 0.4) is 0 Å². The number of benzene rings is 2. The van der Waals surface area contributed by atoms with Crippen LogP contribution < -0.4 is 15.0 Å². The molecule has 2 N–H and O–H groups in total. The fourth-order valence-electron chi connectivity index (χ4n) is 7.50. The molecule has 4 aromatic rings. The number of piperidine rings is 3. The molecule has 1 atom stereocenters. The minimum Gasteiger partial charge on any atom is -0.460 e. The molecule has 52 heavy (non-hydrogen) atoms. The third kappa shape index (κ3) is 7.85. The van der Waals surface area contributed by atoms with Gasteiger partial charge in [-0.3, -0.25) is 24.6 Å². The Kier molecular flexibility index (Phi) is 10.3. The van der Waals surface area contributed by atoms with Crippen LogP contribution in [0.25, 0.3) is 11.4 Å². The molecule has 0 radical (unpaired) electrons.